The third-order valence-electron chi connectivity index (χ3n) is 7.73. The fraction of sp³-hybridized carbons (Fsp3) is 0.194. The van der Waals surface area contributed by atoms with E-state index in [0.717, 1.165) is 22.2 Å². The summed E-state index contributed by atoms with van der Waals surface area (Å²) >= 11 is 0. The second-order valence-corrected chi connectivity index (χ2v) is 12.8. The monoisotopic (exact) mass is 624 g/mol. The Hall–Kier alpha value is -4.86. The van der Waals surface area contributed by atoms with Crippen LogP contribution in [0.2, 0.25) is 0 Å². The van der Waals surface area contributed by atoms with E-state index < -0.39 is 22.1 Å². The second-order valence-electron chi connectivity index (χ2n) is 11.2. The van der Waals surface area contributed by atoms with E-state index in [9.17, 15) is 27.7 Å². The number of para-hydroxylation sites is 1. The summed E-state index contributed by atoms with van der Waals surface area (Å²) in [7, 11) is -4.08. The van der Waals surface area contributed by atoms with Gasteiger partial charge in [-0.2, -0.15) is 13.0 Å². The largest absolute Gasteiger partial charge is 0.478 e. The molecule has 0 aliphatic carbocycles. The van der Waals surface area contributed by atoms with Crippen molar-refractivity contribution in [3.63, 3.8) is 0 Å². The molecular weight excluding hydrogens is 590 g/mol. The van der Waals surface area contributed by atoms with Gasteiger partial charge in [0.1, 0.15) is 12.3 Å². The molecule has 5 aromatic rings. The van der Waals surface area contributed by atoms with Crippen molar-refractivity contribution in [2.24, 2.45) is 0 Å². The van der Waals surface area contributed by atoms with Gasteiger partial charge in [0.05, 0.1) is 27.7 Å². The highest BCUT2D eigenvalue weighted by Crippen LogP contribution is 2.31. The van der Waals surface area contributed by atoms with Gasteiger partial charge in [0.2, 0.25) is 11.0 Å². The number of ether oxygens (including phenoxy) is 1. The van der Waals surface area contributed by atoms with Gasteiger partial charge >= 0.3 is 11.9 Å². The summed E-state index contributed by atoms with van der Waals surface area (Å²) in [6.07, 6.45) is 4.75. The van der Waals surface area contributed by atoms with E-state index in [0.29, 0.717) is 46.2 Å². The summed E-state index contributed by atoms with van der Waals surface area (Å²) in [5.74, 6) is -1.67. The molecule has 0 saturated carbocycles. The summed E-state index contributed by atoms with van der Waals surface area (Å²) in [5, 5.41) is 10.8. The fourth-order valence-electron chi connectivity index (χ4n) is 5.55. The molecule has 5 rings (SSSR count). The average Bonchev–Trinajstić information content (AvgIpc) is 2.99. The maximum absolute atomic E-state index is 14.0. The van der Waals surface area contributed by atoms with Crippen LogP contribution < -0.4 is 9.30 Å². The number of esters is 1. The maximum atomic E-state index is 14.0. The first-order valence-corrected chi connectivity index (χ1v) is 16.2. The average molecular weight is 625 g/mol. The van der Waals surface area contributed by atoms with Gasteiger partial charge in [0.15, 0.2) is 0 Å². The third-order valence-corrected chi connectivity index (χ3v) is 8.54. The van der Waals surface area contributed by atoms with Crippen LogP contribution in [-0.4, -0.2) is 35.8 Å². The Morgan fingerprint density at radius 3 is 2.09 bits per heavy atom. The quantitative estimate of drug-likeness (QED) is 0.0328. The fourth-order valence-corrected chi connectivity index (χ4v) is 6.11. The lowest BCUT2D eigenvalue weighted by Gasteiger charge is -2.15. The van der Waals surface area contributed by atoms with Crippen molar-refractivity contribution in [2.45, 2.75) is 40.2 Å². The lowest BCUT2D eigenvalue weighted by molar-refractivity contribution is -0.645. The van der Waals surface area contributed by atoms with Crippen LogP contribution >= 0.6 is 0 Å². The molecular formula is C36H34NO7S+. The van der Waals surface area contributed by atoms with Crippen LogP contribution in [-0.2, 0) is 16.7 Å². The molecule has 1 aromatic heterocycles. The summed E-state index contributed by atoms with van der Waals surface area (Å²) in [6.45, 7) is 5.89. The number of benzene rings is 4. The van der Waals surface area contributed by atoms with Crippen LogP contribution in [0.4, 0.5) is 0 Å². The van der Waals surface area contributed by atoms with E-state index in [2.05, 4.69) is 4.57 Å². The number of carboxylic acids is 1. The number of carbonyl (C=O) groups is 2. The molecule has 0 aliphatic heterocycles. The summed E-state index contributed by atoms with van der Waals surface area (Å²) in [6, 6.07) is 24.4. The molecule has 0 bridgehead atoms. The summed E-state index contributed by atoms with van der Waals surface area (Å²) in [5.41, 5.74) is 6.17. The third kappa shape index (κ3) is 7.28. The van der Waals surface area contributed by atoms with E-state index in [1.54, 1.807) is 13.8 Å². The second kappa shape index (κ2) is 13.0. The standard InChI is InChI=1S/C36H33NO7S/c1-23-10-12-26(13-11-23)14-15-27-16-17-30-32(22-27)37(18-6-7-19-45(41,42)43)31-9-5-4-8-29(31)33(30)36(40)44-34-24(2)20-28(35(38)39)21-25(34)3/h4-5,8-17,20-22H,6-7,18-19H2,1-3H3,(H-,38,39,41,42,43)/p+1/b15-14+. The predicted octanol–water partition coefficient (Wildman–Crippen LogP) is 6.96. The van der Waals surface area contributed by atoms with Gasteiger partial charge in [0.25, 0.3) is 10.1 Å². The van der Waals surface area contributed by atoms with Crippen molar-refractivity contribution in [3.8, 4) is 5.75 Å². The molecule has 0 saturated heterocycles. The SMILES string of the molecule is Cc1ccc(/C=C/c2ccc3c(C(=O)Oc4c(C)cc(C(=O)O)cc4C)c4ccccc4[n+](CCCCS(=O)(=O)O)c3c2)cc1. The molecule has 0 unspecified atom stereocenters. The van der Waals surface area contributed by atoms with E-state index in [4.69, 9.17) is 4.74 Å². The zero-order valence-corrected chi connectivity index (χ0v) is 26.1. The molecule has 45 heavy (non-hydrogen) atoms. The van der Waals surface area contributed by atoms with Crippen LogP contribution in [0, 0.1) is 20.8 Å². The van der Waals surface area contributed by atoms with Crippen molar-refractivity contribution >= 4 is 56.0 Å². The van der Waals surface area contributed by atoms with Gasteiger partial charge in [-0.15, -0.1) is 0 Å². The highest BCUT2D eigenvalue weighted by atomic mass is 32.2. The molecule has 0 spiro atoms. The molecule has 0 atom stereocenters. The molecule has 0 fully saturated rings. The van der Waals surface area contributed by atoms with Gasteiger partial charge in [0, 0.05) is 18.6 Å². The van der Waals surface area contributed by atoms with Crippen LogP contribution in [0.1, 0.15) is 61.4 Å². The minimum Gasteiger partial charge on any atom is -0.478 e. The molecule has 4 aromatic carbocycles. The van der Waals surface area contributed by atoms with Crippen molar-refractivity contribution in [2.75, 3.05) is 5.75 Å². The van der Waals surface area contributed by atoms with Crippen molar-refractivity contribution in [1.82, 2.24) is 0 Å². The van der Waals surface area contributed by atoms with Crippen LogP contribution in [0.25, 0.3) is 34.0 Å². The number of hydrogen-bond acceptors (Lipinski definition) is 5. The zero-order valence-electron chi connectivity index (χ0n) is 25.3. The maximum Gasteiger partial charge on any atom is 0.345 e. The first kappa shape index (κ1) is 31.6. The van der Waals surface area contributed by atoms with Crippen LogP contribution in [0.5, 0.6) is 5.75 Å². The van der Waals surface area contributed by atoms with Gasteiger partial charge in [-0.3, -0.25) is 4.55 Å². The summed E-state index contributed by atoms with van der Waals surface area (Å²) in [4.78, 5) is 25.6. The number of fused-ring (bicyclic) bond motifs is 2. The molecule has 2 N–H and O–H groups in total. The van der Waals surface area contributed by atoms with E-state index in [1.165, 1.54) is 17.7 Å². The van der Waals surface area contributed by atoms with Crippen molar-refractivity contribution < 1.29 is 37.0 Å². The number of carboxylic acid groups (broad SMARTS) is 1. The Kier molecular flexibility index (Phi) is 9.13. The number of pyridine rings is 1. The van der Waals surface area contributed by atoms with E-state index in [1.807, 2.05) is 85.8 Å². The number of aryl methyl sites for hydroxylation is 4. The highest BCUT2D eigenvalue weighted by Gasteiger charge is 2.26. The van der Waals surface area contributed by atoms with Crippen LogP contribution in [0.3, 0.4) is 0 Å². The Labute approximate surface area is 262 Å². The number of aromatic carboxylic acids is 1. The topological polar surface area (TPSA) is 122 Å². The van der Waals surface area contributed by atoms with Gasteiger partial charge in [-0.25, -0.2) is 9.59 Å². The Bertz CT molecular complexity index is 2060. The Morgan fingerprint density at radius 2 is 1.42 bits per heavy atom. The van der Waals surface area contributed by atoms with Gasteiger partial charge < -0.3 is 9.84 Å². The molecule has 8 nitrogen and oxygen atoms in total. The van der Waals surface area contributed by atoms with Gasteiger partial charge in [-0.05, 0) is 73.7 Å². The minimum absolute atomic E-state index is 0.113. The smallest absolute Gasteiger partial charge is 0.345 e. The minimum atomic E-state index is -4.08. The summed E-state index contributed by atoms with van der Waals surface area (Å²) < 4.78 is 40.0. The first-order chi connectivity index (χ1) is 21.4. The van der Waals surface area contributed by atoms with E-state index in [-0.39, 0.29) is 17.7 Å². The van der Waals surface area contributed by atoms with E-state index >= 15 is 0 Å². The number of aromatic nitrogens is 1. The first-order valence-electron chi connectivity index (χ1n) is 14.6. The highest BCUT2D eigenvalue weighted by molar-refractivity contribution is 7.85. The number of rotatable bonds is 10. The lowest BCUT2D eigenvalue weighted by atomic mass is 9.99. The number of carbonyl (C=O) groups excluding carboxylic acids is 1. The Balaban J connectivity index is 1.64. The van der Waals surface area contributed by atoms with Crippen molar-refractivity contribution in [3.05, 3.63) is 118 Å². The van der Waals surface area contributed by atoms with Crippen LogP contribution in [0.15, 0.2) is 78.9 Å². The number of nitrogens with zero attached hydrogens (tertiary/aromatic N) is 1. The molecule has 1 heterocycles. The number of hydrogen-bond donors (Lipinski definition) is 2. The molecule has 9 heteroatoms. The normalized spacial score (nSPS) is 11.8. The molecule has 0 amide bonds. The molecule has 0 radical (unpaired) electrons. The zero-order chi connectivity index (χ0) is 32.3. The number of unbranched alkanes of at least 4 members (excludes halogenated alkanes) is 1. The Morgan fingerprint density at radius 1 is 0.800 bits per heavy atom. The van der Waals surface area contributed by atoms with Crippen molar-refractivity contribution in [1.29, 1.82) is 0 Å². The molecule has 0 aliphatic rings. The molecule has 230 valence electrons. The lowest BCUT2D eigenvalue weighted by Crippen LogP contribution is -2.37. The van der Waals surface area contributed by atoms with Gasteiger partial charge in [-0.1, -0.05) is 60.2 Å². The predicted molar refractivity (Wildman–Crippen MR) is 175 cm³/mol.